The zero-order valence-corrected chi connectivity index (χ0v) is 9.72. The number of hydrogen-bond acceptors (Lipinski definition) is 6. The third kappa shape index (κ3) is 1.91. The summed E-state index contributed by atoms with van der Waals surface area (Å²) in [5.41, 5.74) is -2.29. The molecule has 100 valence electrons. The fourth-order valence-electron chi connectivity index (χ4n) is 2.06. The summed E-state index contributed by atoms with van der Waals surface area (Å²) in [6, 6.07) is 2.23. The Morgan fingerprint density at radius 2 is 2.22 bits per heavy atom. The average Bonchev–Trinajstić information content (AvgIpc) is 2.52. The molecule has 0 aromatic carbocycles. The quantitative estimate of drug-likeness (QED) is 0.516. The van der Waals surface area contributed by atoms with Crippen LogP contribution in [0.1, 0.15) is 13.2 Å². The van der Waals surface area contributed by atoms with Gasteiger partial charge in [-0.3, -0.25) is 9.36 Å². The molecule has 18 heavy (non-hydrogen) atoms. The van der Waals surface area contributed by atoms with Crippen LogP contribution in [0.3, 0.4) is 0 Å². The summed E-state index contributed by atoms with van der Waals surface area (Å²) in [4.78, 5) is 11.7. The Bertz CT molecular complexity index is 497. The molecular weight excluding hydrogens is 242 g/mol. The maximum atomic E-state index is 11.7. The zero-order valence-electron chi connectivity index (χ0n) is 9.72. The molecule has 1 aliphatic rings. The predicted molar refractivity (Wildman–Crippen MR) is 60.0 cm³/mol. The normalized spacial score (nSPS) is 35.9. The molecular formula is C11H15NO6. The number of pyridine rings is 1. The molecule has 0 bridgehead atoms. The monoisotopic (exact) mass is 257 g/mol. The van der Waals surface area contributed by atoms with Crippen LogP contribution in [0.5, 0.6) is 5.75 Å². The third-order valence-electron chi connectivity index (χ3n) is 3.12. The summed E-state index contributed by atoms with van der Waals surface area (Å²) < 4.78 is 6.33. The molecule has 1 aromatic heterocycles. The molecule has 0 spiro atoms. The van der Waals surface area contributed by atoms with Gasteiger partial charge in [-0.2, -0.15) is 0 Å². The van der Waals surface area contributed by atoms with E-state index in [9.17, 15) is 15.0 Å². The van der Waals surface area contributed by atoms with Gasteiger partial charge in [-0.05, 0) is 13.0 Å². The smallest absolute Gasteiger partial charge is 0.256 e. The van der Waals surface area contributed by atoms with E-state index in [1.165, 1.54) is 19.2 Å². The van der Waals surface area contributed by atoms with Gasteiger partial charge in [-0.15, -0.1) is 0 Å². The van der Waals surface area contributed by atoms with E-state index < -0.39 is 36.2 Å². The van der Waals surface area contributed by atoms with Crippen molar-refractivity contribution in [3.8, 4) is 5.75 Å². The van der Waals surface area contributed by atoms with Crippen molar-refractivity contribution >= 4 is 0 Å². The summed E-state index contributed by atoms with van der Waals surface area (Å²) in [7, 11) is 0. The summed E-state index contributed by atoms with van der Waals surface area (Å²) in [5.74, 6) is -0.201. The number of nitrogens with zero attached hydrogens (tertiary/aromatic N) is 1. The van der Waals surface area contributed by atoms with E-state index >= 15 is 0 Å². The lowest BCUT2D eigenvalue weighted by atomic mass is 9.96. The van der Waals surface area contributed by atoms with Crippen LogP contribution in [-0.2, 0) is 4.74 Å². The van der Waals surface area contributed by atoms with Crippen LogP contribution in [0.15, 0.2) is 23.1 Å². The van der Waals surface area contributed by atoms with Gasteiger partial charge < -0.3 is 25.2 Å². The van der Waals surface area contributed by atoms with Gasteiger partial charge in [0.25, 0.3) is 5.56 Å². The minimum Gasteiger partial charge on any atom is -0.508 e. The Morgan fingerprint density at radius 3 is 2.72 bits per heavy atom. The van der Waals surface area contributed by atoms with Crippen molar-refractivity contribution in [1.29, 1.82) is 0 Å². The molecule has 0 radical (unpaired) electrons. The molecule has 1 fully saturated rings. The highest BCUT2D eigenvalue weighted by atomic mass is 16.6. The number of aliphatic hydroxyl groups is 3. The first-order chi connectivity index (χ1) is 8.37. The van der Waals surface area contributed by atoms with Gasteiger partial charge in [0.15, 0.2) is 6.23 Å². The highest BCUT2D eigenvalue weighted by molar-refractivity contribution is 5.16. The van der Waals surface area contributed by atoms with E-state index in [0.717, 1.165) is 10.6 Å². The number of hydrogen-bond donors (Lipinski definition) is 4. The molecule has 7 nitrogen and oxygen atoms in total. The maximum absolute atomic E-state index is 11.7. The van der Waals surface area contributed by atoms with Gasteiger partial charge >= 0.3 is 0 Å². The van der Waals surface area contributed by atoms with Crippen molar-refractivity contribution in [2.24, 2.45) is 0 Å². The molecule has 2 heterocycles. The number of aromatic hydroxyl groups is 1. The van der Waals surface area contributed by atoms with Crippen LogP contribution in [-0.4, -0.2) is 49.4 Å². The van der Waals surface area contributed by atoms with Crippen LogP contribution >= 0.6 is 0 Å². The van der Waals surface area contributed by atoms with Crippen molar-refractivity contribution < 1.29 is 25.2 Å². The summed E-state index contributed by atoms with van der Waals surface area (Å²) in [5, 5.41) is 38.1. The van der Waals surface area contributed by atoms with Crippen molar-refractivity contribution in [3.05, 3.63) is 28.7 Å². The minimum absolute atomic E-state index is 0.201. The van der Waals surface area contributed by atoms with Crippen LogP contribution < -0.4 is 5.56 Å². The Kier molecular flexibility index (Phi) is 3.16. The molecule has 1 aliphatic heterocycles. The first-order valence-corrected chi connectivity index (χ1v) is 5.46. The zero-order chi connectivity index (χ0) is 13.5. The minimum atomic E-state index is -1.71. The summed E-state index contributed by atoms with van der Waals surface area (Å²) in [6.45, 7) is 0.845. The largest absolute Gasteiger partial charge is 0.508 e. The summed E-state index contributed by atoms with van der Waals surface area (Å²) >= 11 is 0. The second-order valence-corrected chi connectivity index (χ2v) is 4.51. The Balaban J connectivity index is 2.42. The van der Waals surface area contributed by atoms with Crippen molar-refractivity contribution in [1.82, 2.24) is 4.57 Å². The highest BCUT2D eigenvalue weighted by Gasteiger charge is 2.52. The second-order valence-electron chi connectivity index (χ2n) is 4.51. The van der Waals surface area contributed by atoms with Gasteiger partial charge in [0, 0.05) is 12.3 Å². The van der Waals surface area contributed by atoms with Crippen LogP contribution in [0.25, 0.3) is 0 Å². The standard InChI is InChI=1S/C11H15NO6/c1-11(17)9(16)7(5-13)18-10(11)12-3-2-6(14)4-8(12)15/h2-4,7,9-10,13-14,16-17H,5H2,1H3/t7?,9-,10?,11?/m1/s1. The van der Waals surface area contributed by atoms with Gasteiger partial charge in [0.1, 0.15) is 23.6 Å². The Morgan fingerprint density at radius 1 is 1.56 bits per heavy atom. The molecule has 0 amide bonds. The van der Waals surface area contributed by atoms with Gasteiger partial charge in [-0.25, -0.2) is 0 Å². The average molecular weight is 257 g/mol. The third-order valence-corrected chi connectivity index (χ3v) is 3.12. The van der Waals surface area contributed by atoms with Gasteiger partial charge in [0.2, 0.25) is 0 Å². The van der Waals surface area contributed by atoms with Crippen molar-refractivity contribution in [2.75, 3.05) is 6.61 Å². The Hall–Kier alpha value is -1.41. The summed E-state index contributed by atoms with van der Waals surface area (Å²) in [6.07, 6.45) is -2.15. The highest BCUT2D eigenvalue weighted by Crippen LogP contribution is 2.37. The Labute approximate surface area is 102 Å². The van der Waals surface area contributed by atoms with E-state index in [1.807, 2.05) is 0 Å². The molecule has 4 atom stereocenters. The lowest BCUT2D eigenvalue weighted by Crippen LogP contribution is -2.45. The first-order valence-electron chi connectivity index (χ1n) is 5.46. The fraction of sp³-hybridized carbons (Fsp3) is 0.545. The van der Waals surface area contributed by atoms with Crippen LogP contribution in [0.2, 0.25) is 0 Å². The number of rotatable bonds is 2. The number of aliphatic hydroxyl groups excluding tert-OH is 2. The number of ether oxygens (including phenoxy) is 1. The topological polar surface area (TPSA) is 112 Å². The lowest BCUT2D eigenvalue weighted by Gasteiger charge is -2.27. The van der Waals surface area contributed by atoms with Gasteiger partial charge in [0.05, 0.1) is 6.61 Å². The van der Waals surface area contributed by atoms with E-state index in [1.54, 1.807) is 0 Å². The second kappa shape index (κ2) is 4.36. The molecule has 3 unspecified atom stereocenters. The van der Waals surface area contributed by atoms with E-state index in [4.69, 9.17) is 14.9 Å². The lowest BCUT2D eigenvalue weighted by molar-refractivity contribution is -0.0982. The predicted octanol–water partition coefficient (Wildman–Crippen LogP) is -1.44. The van der Waals surface area contributed by atoms with Crippen LogP contribution in [0.4, 0.5) is 0 Å². The van der Waals surface area contributed by atoms with Crippen molar-refractivity contribution in [3.63, 3.8) is 0 Å². The van der Waals surface area contributed by atoms with E-state index in [-0.39, 0.29) is 5.75 Å². The van der Waals surface area contributed by atoms with E-state index in [0.29, 0.717) is 0 Å². The van der Waals surface area contributed by atoms with E-state index in [2.05, 4.69) is 0 Å². The molecule has 7 heteroatoms. The molecule has 4 N–H and O–H groups in total. The SMILES string of the molecule is CC1(O)C(n2ccc(O)cc2=O)OC(CO)[C@H]1O. The molecule has 0 aliphatic carbocycles. The molecule has 2 rings (SSSR count). The molecule has 1 aromatic rings. The number of aromatic nitrogens is 1. The van der Waals surface area contributed by atoms with Crippen LogP contribution in [0, 0.1) is 0 Å². The van der Waals surface area contributed by atoms with Gasteiger partial charge in [-0.1, -0.05) is 0 Å². The fourth-order valence-corrected chi connectivity index (χ4v) is 2.06. The molecule has 1 saturated heterocycles. The first kappa shape index (κ1) is 13.0. The molecule has 0 saturated carbocycles. The maximum Gasteiger partial charge on any atom is 0.256 e. The van der Waals surface area contributed by atoms with Crippen molar-refractivity contribution in [2.45, 2.75) is 31.0 Å².